The normalized spacial score (nSPS) is 15.9. The van der Waals surface area contributed by atoms with Crippen LogP contribution in [-0.4, -0.2) is 46.9 Å². The number of carbonyl (C=O) groups is 3. The molecular weight excluding hydrogens is 280 g/mol. The van der Waals surface area contributed by atoms with Crippen LogP contribution in [0.5, 0.6) is 0 Å². The van der Waals surface area contributed by atoms with Crippen LogP contribution in [0.1, 0.15) is 39.1 Å². The van der Waals surface area contributed by atoms with E-state index in [1.807, 2.05) is 0 Å². The molecular formula is C13H16N2O4S. The van der Waals surface area contributed by atoms with Crippen molar-refractivity contribution in [3.63, 3.8) is 0 Å². The second-order valence-corrected chi connectivity index (χ2v) is 5.78. The summed E-state index contributed by atoms with van der Waals surface area (Å²) in [5.41, 5.74) is 0. The summed E-state index contributed by atoms with van der Waals surface area (Å²) in [4.78, 5) is 36.9. The SMILES string of the molecule is CC(NC(=O)c1ccc(C(=O)O)s1)C(=O)N1CCCC1. The lowest BCUT2D eigenvalue weighted by molar-refractivity contribution is -0.131. The zero-order valence-corrected chi connectivity index (χ0v) is 11.9. The molecule has 1 fully saturated rings. The highest BCUT2D eigenvalue weighted by Gasteiger charge is 2.25. The first-order valence-corrected chi connectivity index (χ1v) is 7.23. The summed E-state index contributed by atoms with van der Waals surface area (Å²) in [5.74, 6) is -1.57. The molecule has 1 aromatic heterocycles. The molecule has 1 saturated heterocycles. The molecule has 1 atom stereocenters. The molecule has 0 radical (unpaired) electrons. The van der Waals surface area contributed by atoms with Crippen LogP contribution in [0.15, 0.2) is 12.1 Å². The molecule has 2 rings (SSSR count). The molecule has 1 unspecified atom stereocenters. The van der Waals surface area contributed by atoms with E-state index in [9.17, 15) is 14.4 Å². The number of amides is 2. The summed E-state index contributed by atoms with van der Waals surface area (Å²) in [5, 5.41) is 11.4. The molecule has 0 saturated carbocycles. The highest BCUT2D eigenvalue weighted by atomic mass is 32.1. The molecule has 6 nitrogen and oxygen atoms in total. The average molecular weight is 296 g/mol. The van der Waals surface area contributed by atoms with Gasteiger partial charge in [0.2, 0.25) is 5.91 Å². The number of likely N-dealkylation sites (tertiary alicyclic amines) is 1. The van der Waals surface area contributed by atoms with Gasteiger partial charge in [0.1, 0.15) is 10.9 Å². The third kappa shape index (κ3) is 3.16. The molecule has 2 N–H and O–H groups in total. The van der Waals surface area contributed by atoms with E-state index >= 15 is 0 Å². The number of nitrogens with zero attached hydrogens (tertiary/aromatic N) is 1. The molecule has 0 bridgehead atoms. The fraction of sp³-hybridized carbons (Fsp3) is 0.462. The van der Waals surface area contributed by atoms with Crippen LogP contribution in [0.2, 0.25) is 0 Å². The van der Waals surface area contributed by atoms with E-state index in [0.29, 0.717) is 4.88 Å². The van der Waals surface area contributed by atoms with Gasteiger partial charge in [-0.25, -0.2) is 4.79 Å². The van der Waals surface area contributed by atoms with Crippen LogP contribution in [0.4, 0.5) is 0 Å². The average Bonchev–Trinajstić information content (AvgIpc) is 3.08. The molecule has 0 spiro atoms. The Hall–Kier alpha value is -1.89. The Balaban J connectivity index is 1.95. The molecule has 108 valence electrons. The summed E-state index contributed by atoms with van der Waals surface area (Å²) in [7, 11) is 0. The van der Waals surface area contributed by atoms with Gasteiger partial charge in [0.25, 0.3) is 5.91 Å². The van der Waals surface area contributed by atoms with Crippen molar-refractivity contribution in [2.45, 2.75) is 25.8 Å². The Bertz CT molecular complexity index is 534. The van der Waals surface area contributed by atoms with Gasteiger partial charge in [-0.3, -0.25) is 9.59 Å². The van der Waals surface area contributed by atoms with Gasteiger partial charge in [-0.15, -0.1) is 11.3 Å². The Kier molecular flexibility index (Phi) is 4.39. The summed E-state index contributed by atoms with van der Waals surface area (Å²) >= 11 is 0.899. The van der Waals surface area contributed by atoms with Gasteiger partial charge in [-0.1, -0.05) is 0 Å². The molecule has 0 aliphatic carbocycles. The van der Waals surface area contributed by atoms with Crippen molar-refractivity contribution in [1.29, 1.82) is 0 Å². The van der Waals surface area contributed by atoms with E-state index in [2.05, 4.69) is 5.32 Å². The second-order valence-electron chi connectivity index (χ2n) is 4.70. The third-order valence-corrected chi connectivity index (χ3v) is 4.25. The van der Waals surface area contributed by atoms with E-state index < -0.39 is 17.9 Å². The van der Waals surface area contributed by atoms with Gasteiger partial charge in [0, 0.05) is 13.1 Å². The van der Waals surface area contributed by atoms with Crippen molar-refractivity contribution in [2.75, 3.05) is 13.1 Å². The lowest BCUT2D eigenvalue weighted by Gasteiger charge is -2.20. The minimum Gasteiger partial charge on any atom is -0.477 e. The molecule has 20 heavy (non-hydrogen) atoms. The topological polar surface area (TPSA) is 86.7 Å². The number of nitrogens with one attached hydrogen (secondary N) is 1. The second kappa shape index (κ2) is 6.04. The van der Waals surface area contributed by atoms with Crippen molar-refractivity contribution >= 4 is 29.1 Å². The van der Waals surface area contributed by atoms with Crippen LogP contribution in [-0.2, 0) is 4.79 Å². The van der Waals surface area contributed by atoms with E-state index in [4.69, 9.17) is 5.11 Å². The zero-order chi connectivity index (χ0) is 14.7. The molecule has 0 aromatic carbocycles. The van der Waals surface area contributed by atoms with Crippen molar-refractivity contribution < 1.29 is 19.5 Å². The van der Waals surface area contributed by atoms with E-state index in [1.54, 1.807) is 11.8 Å². The number of aromatic carboxylic acids is 1. The number of hydrogen-bond acceptors (Lipinski definition) is 4. The van der Waals surface area contributed by atoms with Gasteiger partial charge in [0.15, 0.2) is 0 Å². The van der Waals surface area contributed by atoms with Crippen LogP contribution >= 0.6 is 11.3 Å². The quantitative estimate of drug-likeness (QED) is 0.873. The predicted molar refractivity (Wildman–Crippen MR) is 74.0 cm³/mol. The number of rotatable bonds is 4. The van der Waals surface area contributed by atoms with Crippen molar-refractivity contribution in [1.82, 2.24) is 10.2 Å². The highest BCUT2D eigenvalue weighted by Crippen LogP contribution is 2.16. The van der Waals surface area contributed by atoms with Gasteiger partial charge in [0.05, 0.1) is 4.88 Å². The molecule has 7 heteroatoms. The molecule has 1 aromatic rings. The fourth-order valence-electron chi connectivity index (χ4n) is 2.12. The smallest absolute Gasteiger partial charge is 0.345 e. The van der Waals surface area contributed by atoms with E-state index in [0.717, 1.165) is 37.3 Å². The number of hydrogen-bond donors (Lipinski definition) is 2. The minimum absolute atomic E-state index is 0.0918. The van der Waals surface area contributed by atoms with Gasteiger partial charge >= 0.3 is 5.97 Å². The summed E-state index contributed by atoms with van der Waals surface area (Å²) in [6, 6.07) is 2.24. The maximum Gasteiger partial charge on any atom is 0.345 e. The Morgan fingerprint density at radius 3 is 2.40 bits per heavy atom. The first-order chi connectivity index (χ1) is 9.49. The standard InChI is InChI=1S/C13H16N2O4S/c1-8(12(17)15-6-2-3-7-15)14-11(16)9-4-5-10(20-9)13(18)19/h4-5,8H,2-3,6-7H2,1H3,(H,14,16)(H,18,19). The summed E-state index contributed by atoms with van der Waals surface area (Å²) in [6.07, 6.45) is 2.00. The lowest BCUT2D eigenvalue weighted by Crippen LogP contribution is -2.45. The van der Waals surface area contributed by atoms with Crippen molar-refractivity contribution in [3.05, 3.63) is 21.9 Å². The van der Waals surface area contributed by atoms with E-state index in [-0.39, 0.29) is 10.8 Å². The highest BCUT2D eigenvalue weighted by molar-refractivity contribution is 7.15. The number of thiophene rings is 1. The van der Waals surface area contributed by atoms with Crippen LogP contribution in [0.3, 0.4) is 0 Å². The largest absolute Gasteiger partial charge is 0.477 e. The van der Waals surface area contributed by atoms with Crippen molar-refractivity contribution in [2.24, 2.45) is 0 Å². The van der Waals surface area contributed by atoms with Gasteiger partial charge in [-0.2, -0.15) is 0 Å². The maximum atomic E-state index is 12.0. The monoisotopic (exact) mass is 296 g/mol. The molecule has 1 aliphatic heterocycles. The fourth-order valence-corrected chi connectivity index (χ4v) is 2.86. The molecule has 2 amide bonds. The number of carboxylic acids is 1. The Labute approximate surface area is 120 Å². The van der Waals surface area contributed by atoms with Gasteiger partial charge in [-0.05, 0) is 31.9 Å². The first kappa shape index (κ1) is 14.5. The van der Waals surface area contributed by atoms with Crippen LogP contribution in [0, 0.1) is 0 Å². The zero-order valence-electron chi connectivity index (χ0n) is 11.1. The Morgan fingerprint density at radius 1 is 1.25 bits per heavy atom. The van der Waals surface area contributed by atoms with Crippen LogP contribution in [0.25, 0.3) is 0 Å². The predicted octanol–water partition coefficient (Wildman–Crippen LogP) is 1.19. The van der Waals surface area contributed by atoms with E-state index in [1.165, 1.54) is 12.1 Å². The third-order valence-electron chi connectivity index (χ3n) is 3.18. The van der Waals surface area contributed by atoms with Gasteiger partial charge < -0.3 is 15.3 Å². The summed E-state index contributed by atoms with van der Waals surface area (Å²) in [6.45, 7) is 3.12. The van der Waals surface area contributed by atoms with Crippen LogP contribution < -0.4 is 5.32 Å². The maximum absolute atomic E-state index is 12.0. The molecule has 2 heterocycles. The Morgan fingerprint density at radius 2 is 1.85 bits per heavy atom. The first-order valence-electron chi connectivity index (χ1n) is 6.42. The number of carboxylic acid groups (broad SMARTS) is 1. The summed E-state index contributed by atoms with van der Waals surface area (Å²) < 4.78 is 0. The number of carbonyl (C=O) groups excluding carboxylic acids is 2. The molecule has 1 aliphatic rings. The van der Waals surface area contributed by atoms with Crippen molar-refractivity contribution in [3.8, 4) is 0 Å². The minimum atomic E-state index is -1.06. The lowest BCUT2D eigenvalue weighted by atomic mass is 10.3.